The van der Waals surface area contributed by atoms with E-state index in [1.54, 1.807) is 0 Å². The smallest absolute Gasteiger partial charge is 0.338 e. The SMILES string of the molecule is CC[C@H](C)COC(=O)c1ccc(-c2ccc(OCCCCCCCCCCCOc3ccc(C=Nc4ccc(N=Cc5ccc(OCCCCCCCCCCCOc6ccc(-c7ccc(C(=O)OC[C@@H](C)CC)cc7)cc6)c(Br)c5)cc4)cc3Br)cc2)cc1. The van der Waals surface area contributed by atoms with Crippen LogP contribution in [-0.4, -0.2) is 64.0 Å². The van der Waals surface area contributed by atoms with E-state index >= 15 is 0 Å². The highest BCUT2D eigenvalue weighted by Crippen LogP contribution is 2.30. The van der Waals surface area contributed by atoms with E-state index in [0.29, 0.717) is 49.4 Å². The molecule has 0 heterocycles. The van der Waals surface area contributed by atoms with E-state index in [1.807, 2.05) is 146 Å². The lowest BCUT2D eigenvalue weighted by molar-refractivity contribution is 0.0438. The van der Waals surface area contributed by atoms with Crippen LogP contribution >= 0.6 is 31.9 Å². The van der Waals surface area contributed by atoms with Gasteiger partial charge in [0.25, 0.3) is 0 Å². The van der Waals surface area contributed by atoms with Crippen LogP contribution in [-0.2, 0) is 9.47 Å². The molecule has 0 fully saturated rings. The van der Waals surface area contributed by atoms with Crippen molar-refractivity contribution < 1.29 is 38.0 Å². The summed E-state index contributed by atoms with van der Waals surface area (Å²) in [6.07, 6.45) is 27.1. The Kier molecular flexibility index (Phi) is 31.8. The molecule has 0 aliphatic carbocycles. The van der Waals surface area contributed by atoms with Crippen LogP contribution in [0.25, 0.3) is 22.3 Å². The summed E-state index contributed by atoms with van der Waals surface area (Å²) >= 11 is 7.41. The summed E-state index contributed by atoms with van der Waals surface area (Å²) in [5.41, 5.74) is 9.13. The van der Waals surface area contributed by atoms with E-state index in [0.717, 1.165) is 128 Å². The van der Waals surface area contributed by atoms with Crippen LogP contribution in [0.3, 0.4) is 0 Å². The Morgan fingerprint density at radius 3 is 0.967 bits per heavy atom. The molecule has 7 aromatic carbocycles. The highest BCUT2D eigenvalue weighted by atomic mass is 79.9. The average Bonchev–Trinajstić information content (AvgIpc) is 2.84. The molecule has 0 aliphatic rings. The number of halogens is 2. The predicted molar refractivity (Wildman–Crippen MR) is 378 cm³/mol. The van der Waals surface area contributed by atoms with Crippen LogP contribution in [0.2, 0.25) is 0 Å². The van der Waals surface area contributed by atoms with Crippen molar-refractivity contribution in [3.8, 4) is 45.3 Å². The lowest BCUT2D eigenvalue weighted by Gasteiger charge is -2.10. The first-order chi connectivity index (χ1) is 44.0. The van der Waals surface area contributed by atoms with Gasteiger partial charge in [-0.15, -0.1) is 0 Å². The highest BCUT2D eigenvalue weighted by molar-refractivity contribution is 9.11. The van der Waals surface area contributed by atoms with Crippen LogP contribution in [0.1, 0.15) is 188 Å². The Morgan fingerprint density at radius 2 is 0.667 bits per heavy atom. The number of hydrogen-bond donors (Lipinski definition) is 0. The maximum Gasteiger partial charge on any atom is 0.338 e. The van der Waals surface area contributed by atoms with Gasteiger partial charge in [0.2, 0.25) is 0 Å². The molecule has 0 aliphatic heterocycles. The number of hydrogen-bond acceptors (Lipinski definition) is 10. The van der Waals surface area contributed by atoms with E-state index in [4.69, 9.17) is 38.4 Å². The van der Waals surface area contributed by atoms with E-state index in [9.17, 15) is 9.59 Å². The molecule has 0 amide bonds. The summed E-state index contributed by atoms with van der Waals surface area (Å²) in [5, 5.41) is 0. The second-order valence-electron chi connectivity index (χ2n) is 23.6. The zero-order valence-electron chi connectivity index (χ0n) is 53.6. The normalized spacial score (nSPS) is 12.1. The zero-order valence-corrected chi connectivity index (χ0v) is 56.8. The number of unbranched alkanes of at least 4 members (excludes halogenated alkanes) is 16. The minimum absolute atomic E-state index is 0.269. The third-order valence-corrected chi connectivity index (χ3v) is 17.4. The zero-order chi connectivity index (χ0) is 63.4. The molecule has 0 unspecified atom stereocenters. The molecule has 7 rings (SSSR count). The summed E-state index contributed by atoms with van der Waals surface area (Å²) in [6, 6.07) is 51.6. The van der Waals surface area contributed by atoms with Gasteiger partial charge in [-0.05, 0) is 212 Å². The molecule has 0 saturated carbocycles. The highest BCUT2D eigenvalue weighted by Gasteiger charge is 2.13. The summed E-state index contributed by atoms with van der Waals surface area (Å²) in [7, 11) is 0. The Labute approximate surface area is 553 Å². The van der Waals surface area contributed by atoms with Crippen molar-refractivity contribution in [1.29, 1.82) is 0 Å². The minimum atomic E-state index is -0.269. The summed E-state index contributed by atoms with van der Waals surface area (Å²) in [5.74, 6) is 3.66. The Balaban J connectivity index is 0.652. The first-order valence-corrected chi connectivity index (χ1v) is 34.7. The van der Waals surface area contributed by atoms with Gasteiger partial charge in [-0.1, -0.05) is 179 Å². The Morgan fingerprint density at radius 1 is 0.378 bits per heavy atom. The van der Waals surface area contributed by atoms with Crippen LogP contribution in [0, 0.1) is 11.8 Å². The van der Waals surface area contributed by atoms with Crippen LogP contribution < -0.4 is 18.9 Å². The molecule has 478 valence electrons. The summed E-state index contributed by atoms with van der Waals surface area (Å²) < 4.78 is 37.0. The molecule has 0 spiro atoms. The quantitative estimate of drug-likeness (QED) is 0.0211. The van der Waals surface area contributed by atoms with Crippen molar-refractivity contribution in [2.75, 3.05) is 39.6 Å². The first-order valence-electron chi connectivity index (χ1n) is 33.1. The average molecular weight is 1350 g/mol. The van der Waals surface area contributed by atoms with Crippen molar-refractivity contribution in [3.05, 3.63) is 189 Å². The second kappa shape index (κ2) is 40.7. The molecule has 12 heteroatoms. The van der Waals surface area contributed by atoms with Gasteiger partial charge in [0.05, 0.1) is 71.1 Å². The molecule has 0 aromatic heterocycles. The molecule has 7 aromatic rings. The molecule has 90 heavy (non-hydrogen) atoms. The molecular weight excluding hydrogens is 1250 g/mol. The lowest BCUT2D eigenvalue weighted by Crippen LogP contribution is -2.11. The monoisotopic (exact) mass is 1340 g/mol. The molecule has 0 saturated heterocycles. The minimum Gasteiger partial charge on any atom is -0.494 e. The van der Waals surface area contributed by atoms with Crippen LogP contribution in [0.5, 0.6) is 23.0 Å². The van der Waals surface area contributed by atoms with Gasteiger partial charge < -0.3 is 28.4 Å². The molecule has 0 bridgehead atoms. The van der Waals surface area contributed by atoms with Gasteiger partial charge in [-0.2, -0.15) is 0 Å². The van der Waals surface area contributed by atoms with Crippen molar-refractivity contribution in [3.63, 3.8) is 0 Å². The van der Waals surface area contributed by atoms with E-state index in [-0.39, 0.29) is 11.9 Å². The molecule has 10 nitrogen and oxygen atoms in total. The Hall–Kier alpha value is -7.02. The Bertz CT molecular complexity index is 3020. The first kappa shape index (κ1) is 70.4. The van der Waals surface area contributed by atoms with E-state index in [2.05, 4.69) is 83.8 Å². The fraction of sp³-hybridized carbons (Fsp3) is 0.410. The third-order valence-electron chi connectivity index (χ3n) is 16.1. The van der Waals surface area contributed by atoms with Gasteiger partial charge >= 0.3 is 11.9 Å². The molecule has 2 atom stereocenters. The van der Waals surface area contributed by atoms with Crippen molar-refractivity contribution in [2.24, 2.45) is 21.8 Å². The second-order valence-corrected chi connectivity index (χ2v) is 25.3. The molecular formula is C78H94Br2N2O8. The van der Waals surface area contributed by atoms with Crippen molar-refractivity contribution in [2.45, 2.75) is 156 Å². The van der Waals surface area contributed by atoms with Crippen molar-refractivity contribution >= 4 is 67.6 Å². The van der Waals surface area contributed by atoms with Crippen LogP contribution in [0.15, 0.2) is 177 Å². The van der Waals surface area contributed by atoms with Gasteiger partial charge in [-0.3, -0.25) is 9.98 Å². The number of aliphatic imine (C=N–C) groups is 2. The molecule has 0 N–H and O–H groups in total. The number of rotatable bonds is 42. The van der Waals surface area contributed by atoms with E-state index in [1.165, 1.54) is 89.9 Å². The fourth-order valence-electron chi connectivity index (χ4n) is 9.90. The maximum atomic E-state index is 12.4. The fourth-order valence-corrected chi connectivity index (χ4v) is 10.9. The van der Waals surface area contributed by atoms with Gasteiger partial charge in [0, 0.05) is 12.4 Å². The van der Waals surface area contributed by atoms with Crippen molar-refractivity contribution in [1.82, 2.24) is 0 Å². The van der Waals surface area contributed by atoms with Gasteiger partial charge in [-0.25, -0.2) is 9.59 Å². The standard InChI is InChI=1S/C78H94Br2N2O8/c1-5-59(3)57-89-77(83)67-31-27-63(28-32-67)65-35-43-71(44-36-65)85-49-21-17-13-9-7-11-15-19-23-51-87-75-47-25-61(53-73(75)79)55-81-69-39-41-70(42-40-69)82-56-62-26-48-76(74(80)54-62)88-52-24-20-16-12-8-10-14-18-22-50-86-72-45-37-66(38-46-72)64-29-33-68(34-30-64)78(84)90-58-60(4)6-2/h25-48,53-56,59-60H,5-24,49-52,57-58H2,1-4H3/t59-,60-/m0/s1. The number of ether oxygens (including phenoxy) is 6. The predicted octanol–water partition coefficient (Wildman–Crippen LogP) is 22.4. The third kappa shape index (κ3) is 26.1. The topological polar surface area (TPSA) is 114 Å². The van der Waals surface area contributed by atoms with Gasteiger partial charge in [0.15, 0.2) is 0 Å². The largest absolute Gasteiger partial charge is 0.494 e. The summed E-state index contributed by atoms with van der Waals surface area (Å²) in [6.45, 7) is 12.1. The number of carbonyl (C=O) groups is 2. The van der Waals surface area contributed by atoms with Crippen LogP contribution in [0.4, 0.5) is 11.4 Å². The number of benzene rings is 7. The lowest BCUT2D eigenvalue weighted by atomic mass is 10.0. The summed E-state index contributed by atoms with van der Waals surface area (Å²) in [4.78, 5) is 34.1. The molecule has 0 radical (unpaired) electrons. The maximum absolute atomic E-state index is 12.4. The number of nitrogens with zero attached hydrogens (tertiary/aromatic N) is 2. The van der Waals surface area contributed by atoms with E-state index < -0.39 is 0 Å². The van der Waals surface area contributed by atoms with Gasteiger partial charge in [0.1, 0.15) is 23.0 Å². The number of carbonyl (C=O) groups excluding carboxylic acids is 2. The number of esters is 2.